The van der Waals surface area contributed by atoms with Gasteiger partial charge in [-0.15, -0.1) is 0 Å². The molecule has 0 unspecified atom stereocenters. The van der Waals surface area contributed by atoms with Gasteiger partial charge in [-0.05, 0) is 41.7 Å². The molecule has 2 aliphatic rings. The fraction of sp³-hybridized carbons (Fsp3) is 0.417. The summed E-state index contributed by atoms with van der Waals surface area (Å²) in [4.78, 5) is 25.6. The molecule has 7 atom stereocenters. The number of carboxylic acids is 1. The first-order valence-corrected chi connectivity index (χ1v) is 11.8. The number of ether oxygens (including phenoxy) is 2. The van der Waals surface area contributed by atoms with Crippen molar-refractivity contribution in [1.82, 2.24) is 4.90 Å². The maximum absolute atomic E-state index is 13.0. The zero-order valence-corrected chi connectivity index (χ0v) is 20.1. The Balaban J connectivity index is 1.54. The standard InChI is InChI=1S/C24H25Cl2NO8/c1-27(24(33)35-23-20(30)18(28)19(29)21(34-23)22(31)32)17-9-7-12(13-4-2-3-5-14(13)17)11-6-8-15(25)16(26)10-11/h2-6,8,10,12,17-21,23,28-30H,7,9H2,1H3,(H,31,32)/t12-,17-,18+,19+,20-,21+,23-/m0/s1. The van der Waals surface area contributed by atoms with Crippen LogP contribution in [0.15, 0.2) is 42.5 Å². The Labute approximate surface area is 211 Å². The van der Waals surface area contributed by atoms with Crippen LogP contribution in [0, 0.1) is 0 Å². The van der Waals surface area contributed by atoms with Crippen molar-refractivity contribution in [3.8, 4) is 0 Å². The second-order valence-corrected chi connectivity index (χ2v) is 9.49. The highest BCUT2D eigenvalue weighted by atomic mass is 35.5. The Morgan fingerprint density at radius 2 is 1.66 bits per heavy atom. The van der Waals surface area contributed by atoms with Gasteiger partial charge in [0, 0.05) is 13.0 Å². The van der Waals surface area contributed by atoms with Gasteiger partial charge in [-0.25, -0.2) is 9.59 Å². The topological polar surface area (TPSA) is 137 Å². The van der Waals surface area contributed by atoms with Gasteiger partial charge in [0.05, 0.1) is 16.1 Å². The number of rotatable bonds is 4. The first-order chi connectivity index (χ1) is 16.6. The lowest BCUT2D eigenvalue weighted by molar-refractivity contribution is -0.280. The van der Waals surface area contributed by atoms with Crippen molar-refractivity contribution in [3.05, 3.63) is 69.2 Å². The van der Waals surface area contributed by atoms with Crippen LogP contribution in [0.5, 0.6) is 0 Å². The van der Waals surface area contributed by atoms with Gasteiger partial charge in [0.25, 0.3) is 0 Å². The van der Waals surface area contributed by atoms with Gasteiger partial charge >= 0.3 is 12.1 Å². The van der Waals surface area contributed by atoms with Gasteiger partial charge in [0.15, 0.2) is 6.10 Å². The Morgan fingerprint density at radius 3 is 2.31 bits per heavy atom. The van der Waals surface area contributed by atoms with Crippen molar-refractivity contribution < 1.29 is 39.5 Å². The number of aliphatic hydroxyl groups excluding tert-OH is 3. The molecule has 4 rings (SSSR count). The summed E-state index contributed by atoms with van der Waals surface area (Å²) in [5, 5.41) is 40.1. The Morgan fingerprint density at radius 1 is 0.971 bits per heavy atom. The quantitative estimate of drug-likeness (QED) is 0.478. The lowest BCUT2D eigenvalue weighted by Crippen LogP contribution is -2.61. The molecule has 1 saturated heterocycles. The molecule has 11 heteroatoms. The highest BCUT2D eigenvalue weighted by Gasteiger charge is 2.49. The van der Waals surface area contributed by atoms with E-state index < -0.39 is 42.8 Å². The summed E-state index contributed by atoms with van der Waals surface area (Å²) >= 11 is 12.3. The third-order valence-corrected chi connectivity index (χ3v) is 7.33. The molecule has 0 spiro atoms. The molecule has 2 aromatic carbocycles. The number of aliphatic carboxylic acids is 1. The lowest BCUT2D eigenvalue weighted by Gasteiger charge is -2.40. The van der Waals surface area contributed by atoms with E-state index in [2.05, 4.69) is 0 Å². The van der Waals surface area contributed by atoms with Gasteiger partial charge in [-0.3, -0.25) is 0 Å². The number of carbonyl (C=O) groups is 2. The predicted molar refractivity (Wildman–Crippen MR) is 125 cm³/mol. The number of aliphatic hydroxyl groups is 3. The number of halogens is 2. The SMILES string of the molecule is CN(C(=O)O[C@@H]1O[C@@H](C(=O)O)[C@H](O)[C@@H](O)[C@@H]1O)[C@H]1CC[C@@H](c2ccc(Cl)c(Cl)c2)c2ccccc21. The highest BCUT2D eigenvalue weighted by Crippen LogP contribution is 2.44. The maximum atomic E-state index is 13.0. The molecular formula is C24H25Cl2NO8. The van der Waals surface area contributed by atoms with Crippen molar-refractivity contribution in [2.75, 3.05) is 7.05 Å². The number of benzene rings is 2. The summed E-state index contributed by atoms with van der Waals surface area (Å²) in [5.41, 5.74) is 2.92. The van der Waals surface area contributed by atoms with Crippen molar-refractivity contribution >= 4 is 35.3 Å². The molecule has 2 aromatic rings. The minimum Gasteiger partial charge on any atom is -0.479 e. The largest absolute Gasteiger partial charge is 0.479 e. The number of fused-ring (bicyclic) bond motifs is 1. The zero-order chi connectivity index (χ0) is 25.4. The minimum absolute atomic E-state index is 0.0399. The summed E-state index contributed by atoms with van der Waals surface area (Å²) in [6.45, 7) is 0. The number of hydrogen-bond donors (Lipinski definition) is 4. The third-order valence-electron chi connectivity index (χ3n) is 6.59. The van der Waals surface area contributed by atoms with Crippen LogP contribution in [-0.4, -0.2) is 75.1 Å². The number of amides is 1. The van der Waals surface area contributed by atoms with E-state index in [1.165, 1.54) is 11.9 Å². The molecule has 1 aliphatic heterocycles. The van der Waals surface area contributed by atoms with Crippen molar-refractivity contribution in [1.29, 1.82) is 0 Å². The summed E-state index contributed by atoms with van der Waals surface area (Å²) in [6.07, 6.45) is -8.79. The first kappa shape index (κ1) is 25.7. The highest BCUT2D eigenvalue weighted by molar-refractivity contribution is 6.42. The molecule has 4 N–H and O–H groups in total. The van der Waals surface area contributed by atoms with E-state index in [-0.39, 0.29) is 12.0 Å². The van der Waals surface area contributed by atoms with Gasteiger partial charge in [-0.1, -0.05) is 53.5 Å². The van der Waals surface area contributed by atoms with Crippen LogP contribution < -0.4 is 0 Å². The fourth-order valence-corrected chi connectivity index (χ4v) is 5.01. The van der Waals surface area contributed by atoms with Gasteiger partial charge in [0.2, 0.25) is 6.29 Å². The molecule has 0 radical (unpaired) electrons. The monoisotopic (exact) mass is 525 g/mol. The average Bonchev–Trinajstić information content (AvgIpc) is 2.84. The third kappa shape index (κ3) is 4.97. The van der Waals surface area contributed by atoms with Crippen molar-refractivity contribution in [3.63, 3.8) is 0 Å². The Bertz CT molecular complexity index is 1110. The molecule has 0 bridgehead atoms. The minimum atomic E-state index is -1.88. The summed E-state index contributed by atoms with van der Waals surface area (Å²) in [6, 6.07) is 12.8. The zero-order valence-electron chi connectivity index (χ0n) is 18.6. The normalized spacial score (nSPS) is 30.3. The molecule has 1 fully saturated rings. The smallest absolute Gasteiger partial charge is 0.412 e. The molecule has 1 heterocycles. The van der Waals surface area contributed by atoms with E-state index in [0.29, 0.717) is 22.9 Å². The van der Waals surface area contributed by atoms with E-state index in [1.807, 2.05) is 36.4 Å². The van der Waals surface area contributed by atoms with Crippen LogP contribution >= 0.6 is 23.2 Å². The van der Waals surface area contributed by atoms with Crippen LogP contribution in [0.3, 0.4) is 0 Å². The van der Waals surface area contributed by atoms with E-state index in [4.69, 9.17) is 32.7 Å². The molecular weight excluding hydrogens is 501 g/mol. The Kier molecular flexibility index (Phi) is 7.56. The summed E-state index contributed by atoms with van der Waals surface area (Å²) in [7, 11) is 1.53. The van der Waals surface area contributed by atoms with E-state index in [9.17, 15) is 30.0 Å². The van der Waals surface area contributed by atoms with Crippen LogP contribution in [-0.2, 0) is 14.3 Å². The number of carbonyl (C=O) groups excluding carboxylic acids is 1. The van der Waals surface area contributed by atoms with E-state index in [0.717, 1.165) is 16.7 Å². The van der Waals surface area contributed by atoms with Gasteiger partial charge in [-0.2, -0.15) is 0 Å². The molecule has 0 aromatic heterocycles. The van der Waals surface area contributed by atoms with Crippen molar-refractivity contribution in [2.45, 2.75) is 55.5 Å². The summed E-state index contributed by atoms with van der Waals surface area (Å²) in [5.74, 6) is -1.52. The fourth-order valence-electron chi connectivity index (χ4n) is 4.70. The van der Waals surface area contributed by atoms with Crippen LogP contribution in [0.25, 0.3) is 0 Å². The molecule has 35 heavy (non-hydrogen) atoms. The van der Waals surface area contributed by atoms with Crippen LogP contribution in [0.4, 0.5) is 4.79 Å². The second-order valence-electron chi connectivity index (χ2n) is 8.68. The summed E-state index contributed by atoms with van der Waals surface area (Å²) < 4.78 is 10.3. The van der Waals surface area contributed by atoms with E-state index >= 15 is 0 Å². The molecule has 188 valence electrons. The van der Waals surface area contributed by atoms with Gasteiger partial charge < -0.3 is 34.8 Å². The molecule has 9 nitrogen and oxygen atoms in total. The van der Waals surface area contributed by atoms with Crippen LogP contribution in [0.2, 0.25) is 10.0 Å². The average molecular weight is 526 g/mol. The maximum Gasteiger partial charge on any atom is 0.412 e. The number of nitrogens with zero attached hydrogens (tertiary/aromatic N) is 1. The van der Waals surface area contributed by atoms with Crippen LogP contribution in [0.1, 0.15) is 41.5 Å². The predicted octanol–water partition coefficient (Wildman–Crippen LogP) is 2.92. The Hall–Kier alpha value is -2.40. The molecule has 1 amide bonds. The van der Waals surface area contributed by atoms with Gasteiger partial charge in [0.1, 0.15) is 18.3 Å². The lowest BCUT2D eigenvalue weighted by atomic mass is 9.76. The molecule has 1 aliphatic carbocycles. The number of hydrogen-bond acceptors (Lipinski definition) is 7. The molecule has 0 saturated carbocycles. The van der Waals surface area contributed by atoms with E-state index in [1.54, 1.807) is 6.07 Å². The van der Waals surface area contributed by atoms with Crippen molar-refractivity contribution in [2.24, 2.45) is 0 Å². The second kappa shape index (κ2) is 10.3. The first-order valence-electron chi connectivity index (χ1n) is 11.0. The number of carboxylic acid groups (broad SMARTS) is 1.